The van der Waals surface area contributed by atoms with Gasteiger partial charge in [-0.05, 0) is 37.1 Å². The molecule has 1 unspecified atom stereocenters. The van der Waals surface area contributed by atoms with Crippen LogP contribution >= 0.6 is 11.6 Å². The Hall–Kier alpha value is -2.99. The van der Waals surface area contributed by atoms with Gasteiger partial charge in [0.1, 0.15) is 17.3 Å². The minimum atomic E-state index is -0.767. The summed E-state index contributed by atoms with van der Waals surface area (Å²) in [6.07, 6.45) is 4.73. The Morgan fingerprint density at radius 1 is 1.03 bits per heavy atom. The van der Waals surface area contributed by atoms with Crippen LogP contribution in [0.25, 0.3) is 5.76 Å². The number of carbonyl (C=O) groups excluding carboxylic acids is 2. The number of halogens is 1. The molecular weight excluding hydrogens is 430 g/mol. The van der Waals surface area contributed by atoms with Crippen LogP contribution in [0, 0.1) is 0 Å². The number of aliphatic hydroxyl groups is 1. The van der Waals surface area contributed by atoms with E-state index in [0.29, 0.717) is 17.1 Å². The molecule has 2 aliphatic rings. The molecule has 168 valence electrons. The zero-order valence-electron chi connectivity index (χ0n) is 18.1. The first-order valence-corrected chi connectivity index (χ1v) is 11.1. The average Bonchev–Trinajstić information content (AvgIpc) is 3.09. The van der Waals surface area contributed by atoms with Crippen molar-refractivity contribution in [2.75, 3.05) is 14.2 Å². The standard InChI is InChI=1S/C25H26ClNO5/c1-31-16-12-13-19(26)18(14-16)23(28)21-22(17-10-6-7-11-20(17)32-2)27(25(30)24(21)29)15-8-4-3-5-9-15/h6-7,10-15,22,28H,3-5,8-9H2,1-2H3/b23-21+. The highest BCUT2D eigenvalue weighted by molar-refractivity contribution is 6.47. The summed E-state index contributed by atoms with van der Waals surface area (Å²) in [4.78, 5) is 28.2. The van der Waals surface area contributed by atoms with Crippen LogP contribution in [0.4, 0.5) is 0 Å². The SMILES string of the molecule is COc1ccc(Cl)c(/C(O)=C2\C(=O)C(=O)N(C3CCCCC3)C2c2ccccc2OC)c1. The average molecular weight is 456 g/mol. The van der Waals surface area contributed by atoms with E-state index < -0.39 is 17.7 Å². The zero-order chi connectivity index (χ0) is 22.8. The predicted molar refractivity (Wildman–Crippen MR) is 122 cm³/mol. The Kier molecular flexibility index (Phi) is 6.42. The molecule has 1 N–H and O–H groups in total. The first-order valence-electron chi connectivity index (χ1n) is 10.7. The molecular formula is C25H26ClNO5. The summed E-state index contributed by atoms with van der Waals surface area (Å²) in [7, 11) is 3.05. The Balaban J connectivity index is 1.94. The zero-order valence-corrected chi connectivity index (χ0v) is 18.9. The molecule has 1 heterocycles. The van der Waals surface area contributed by atoms with Crippen molar-refractivity contribution in [1.82, 2.24) is 4.90 Å². The van der Waals surface area contributed by atoms with Crippen molar-refractivity contribution < 1.29 is 24.2 Å². The topological polar surface area (TPSA) is 76.1 Å². The quantitative estimate of drug-likeness (QED) is 0.385. The number of nitrogens with zero attached hydrogens (tertiary/aromatic N) is 1. The maximum Gasteiger partial charge on any atom is 0.295 e. The number of carbonyl (C=O) groups is 2. The van der Waals surface area contributed by atoms with Gasteiger partial charge < -0.3 is 19.5 Å². The Morgan fingerprint density at radius 2 is 1.75 bits per heavy atom. The Labute approximate surface area is 192 Å². The molecule has 6 nitrogen and oxygen atoms in total. The summed E-state index contributed by atoms with van der Waals surface area (Å²) >= 11 is 6.36. The van der Waals surface area contributed by atoms with Crippen molar-refractivity contribution in [3.63, 3.8) is 0 Å². The minimum absolute atomic E-state index is 0.0141. The van der Waals surface area contributed by atoms with E-state index in [9.17, 15) is 14.7 Å². The van der Waals surface area contributed by atoms with Gasteiger partial charge in [-0.2, -0.15) is 0 Å². The summed E-state index contributed by atoms with van der Waals surface area (Å²) < 4.78 is 10.8. The van der Waals surface area contributed by atoms with Crippen molar-refractivity contribution in [1.29, 1.82) is 0 Å². The lowest BCUT2D eigenvalue weighted by Crippen LogP contribution is -2.40. The summed E-state index contributed by atoms with van der Waals surface area (Å²) in [6.45, 7) is 0. The molecule has 2 aromatic carbocycles. The number of rotatable bonds is 5. The molecule has 1 aliphatic heterocycles. The number of aliphatic hydroxyl groups excluding tert-OH is 1. The van der Waals surface area contributed by atoms with Gasteiger partial charge in [0.2, 0.25) is 0 Å². The molecule has 1 atom stereocenters. The number of Topliss-reactive ketones (excluding diaryl/α,β-unsaturated/α-hetero) is 1. The minimum Gasteiger partial charge on any atom is -0.507 e. The molecule has 1 saturated carbocycles. The van der Waals surface area contributed by atoms with E-state index in [1.807, 2.05) is 18.2 Å². The maximum atomic E-state index is 13.3. The van der Waals surface area contributed by atoms with E-state index >= 15 is 0 Å². The highest BCUT2D eigenvalue weighted by Gasteiger charge is 2.49. The molecule has 0 spiro atoms. The fourth-order valence-corrected chi connectivity index (χ4v) is 4.95. The summed E-state index contributed by atoms with van der Waals surface area (Å²) in [5, 5.41) is 11.6. The number of likely N-dealkylation sites (tertiary alicyclic amines) is 1. The van der Waals surface area contributed by atoms with Crippen molar-refractivity contribution in [3.05, 3.63) is 64.2 Å². The Bertz CT molecular complexity index is 1070. The van der Waals surface area contributed by atoms with E-state index in [4.69, 9.17) is 21.1 Å². The van der Waals surface area contributed by atoms with Crippen LogP contribution in [0.1, 0.15) is 49.3 Å². The second-order valence-electron chi connectivity index (χ2n) is 8.09. The number of ether oxygens (including phenoxy) is 2. The number of hydrogen-bond donors (Lipinski definition) is 1. The highest BCUT2D eigenvalue weighted by Crippen LogP contribution is 2.46. The molecule has 1 aliphatic carbocycles. The van der Waals surface area contributed by atoms with E-state index in [0.717, 1.165) is 32.1 Å². The fourth-order valence-electron chi connectivity index (χ4n) is 4.74. The van der Waals surface area contributed by atoms with Crippen LogP contribution < -0.4 is 9.47 Å². The molecule has 7 heteroatoms. The second kappa shape index (κ2) is 9.25. The molecule has 1 saturated heterocycles. The van der Waals surface area contributed by atoms with Gasteiger partial charge >= 0.3 is 0 Å². The van der Waals surface area contributed by atoms with E-state index in [-0.39, 0.29) is 28.0 Å². The third kappa shape index (κ3) is 3.84. The van der Waals surface area contributed by atoms with Gasteiger partial charge in [0.05, 0.1) is 30.9 Å². The third-order valence-corrected chi connectivity index (χ3v) is 6.64. The summed E-state index contributed by atoms with van der Waals surface area (Å²) in [5.41, 5.74) is 0.910. The maximum absolute atomic E-state index is 13.3. The molecule has 2 aromatic rings. The lowest BCUT2D eigenvalue weighted by molar-refractivity contribution is -0.141. The third-order valence-electron chi connectivity index (χ3n) is 6.31. The van der Waals surface area contributed by atoms with Crippen LogP contribution in [-0.2, 0) is 9.59 Å². The lowest BCUT2D eigenvalue weighted by atomic mass is 9.90. The number of benzene rings is 2. The summed E-state index contributed by atoms with van der Waals surface area (Å²) in [5.74, 6) is -0.619. The summed E-state index contributed by atoms with van der Waals surface area (Å²) in [6, 6.07) is 11.2. The number of amides is 1. The first kappa shape index (κ1) is 22.2. The van der Waals surface area contributed by atoms with E-state index in [1.165, 1.54) is 7.11 Å². The van der Waals surface area contributed by atoms with Gasteiger partial charge in [0.25, 0.3) is 11.7 Å². The normalized spacial score (nSPS) is 21.1. The monoisotopic (exact) mass is 455 g/mol. The lowest BCUT2D eigenvalue weighted by Gasteiger charge is -2.35. The molecule has 2 fully saturated rings. The van der Waals surface area contributed by atoms with Gasteiger partial charge in [-0.1, -0.05) is 49.1 Å². The van der Waals surface area contributed by atoms with Crippen LogP contribution in [-0.4, -0.2) is 42.0 Å². The van der Waals surface area contributed by atoms with Gasteiger partial charge in [-0.15, -0.1) is 0 Å². The van der Waals surface area contributed by atoms with Gasteiger partial charge in [-0.25, -0.2) is 0 Å². The van der Waals surface area contributed by atoms with Gasteiger partial charge in [-0.3, -0.25) is 9.59 Å². The molecule has 4 rings (SSSR count). The number of para-hydroxylation sites is 1. The van der Waals surface area contributed by atoms with Crippen LogP contribution in [0.2, 0.25) is 5.02 Å². The largest absolute Gasteiger partial charge is 0.507 e. The molecule has 0 radical (unpaired) electrons. The van der Waals surface area contributed by atoms with Crippen LogP contribution in [0.15, 0.2) is 48.0 Å². The Morgan fingerprint density at radius 3 is 2.44 bits per heavy atom. The number of ketones is 1. The van der Waals surface area contributed by atoms with Crippen molar-refractivity contribution in [3.8, 4) is 11.5 Å². The smallest absolute Gasteiger partial charge is 0.295 e. The number of hydrogen-bond acceptors (Lipinski definition) is 5. The van der Waals surface area contributed by atoms with Crippen molar-refractivity contribution in [2.24, 2.45) is 0 Å². The van der Waals surface area contributed by atoms with Gasteiger partial charge in [0.15, 0.2) is 0 Å². The van der Waals surface area contributed by atoms with Gasteiger partial charge in [0, 0.05) is 17.2 Å². The predicted octanol–water partition coefficient (Wildman–Crippen LogP) is 5.11. The van der Waals surface area contributed by atoms with Crippen molar-refractivity contribution >= 4 is 29.1 Å². The molecule has 1 amide bonds. The molecule has 0 bridgehead atoms. The van der Waals surface area contributed by atoms with Crippen molar-refractivity contribution in [2.45, 2.75) is 44.2 Å². The first-order chi connectivity index (χ1) is 15.5. The number of methoxy groups -OCH3 is 2. The second-order valence-corrected chi connectivity index (χ2v) is 8.49. The molecule has 32 heavy (non-hydrogen) atoms. The van der Waals surface area contributed by atoms with E-state index in [1.54, 1.807) is 36.3 Å². The van der Waals surface area contributed by atoms with E-state index in [2.05, 4.69) is 0 Å². The van der Waals surface area contributed by atoms with Crippen LogP contribution in [0.5, 0.6) is 11.5 Å². The fraction of sp³-hybridized carbons (Fsp3) is 0.360. The van der Waals surface area contributed by atoms with Crippen LogP contribution in [0.3, 0.4) is 0 Å². The molecule has 0 aromatic heterocycles. The highest BCUT2D eigenvalue weighted by atomic mass is 35.5.